The van der Waals surface area contributed by atoms with Crippen LogP contribution in [0.5, 0.6) is 5.75 Å². The van der Waals surface area contributed by atoms with E-state index >= 15 is 0 Å². The van der Waals surface area contributed by atoms with Crippen molar-refractivity contribution in [3.8, 4) is 5.75 Å². The van der Waals surface area contributed by atoms with Gasteiger partial charge in [0.15, 0.2) is 0 Å². The second kappa shape index (κ2) is 6.00. The summed E-state index contributed by atoms with van der Waals surface area (Å²) in [6, 6.07) is 10.6. The Labute approximate surface area is 112 Å². The van der Waals surface area contributed by atoms with Crippen molar-refractivity contribution in [2.24, 2.45) is 5.84 Å². The van der Waals surface area contributed by atoms with Gasteiger partial charge < -0.3 is 4.74 Å². The predicted octanol–water partition coefficient (Wildman–Crippen LogP) is 2.81. The van der Waals surface area contributed by atoms with E-state index < -0.39 is 0 Å². The Morgan fingerprint density at radius 2 is 2.00 bits per heavy atom. The fourth-order valence-corrected chi connectivity index (χ4v) is 2.84. The maximum absolute atomic E-state index is 5.67. The highest BCUT2D eigenvalue weighted by Gasteiger charge is 2.16. The Morgan fingerprint density at radius 3 is 2.61 bits per heavy atom. The molecular formula is C14H18N2OS. The molecular weight excluding hydrogens is 244 g/mol. The van der Waals surface area contributed by atoms with Crippen molar-refractivity contribution in [2.75, 3.05) is 7.11 Å². The summed E-state index contributed by atoms with van der Waals surface area (Å²) in [4.78, 5) is 1.14. The van der Waals surface area contributed by atoms with Crippen LogP contribution < -0.4 is 16.0 Å². The number of hydrogen-bond donors (Lipinski definition) is 2. The topological polar surface area (TPSA) is 47.3 Å². The molecule has 0 radical (unpaired) electrons. The van der Waals surface area contributed by atoms with Crippen LogP contribution in [-0.2, 0) is 6.42 Å². The SMILES string of the molecule is COc1ccsc1C(Cc1ccc(C)cc1)NN. The number of nitrogens with two attached hydrogens (primary N) is 1. The van der Waals surface area contributed by atoms with Crippen LogP contribution >= 0.6 is 11.3 Å². The quantitative estimate of drug-likeness (QED) is 0.643. The van der Waals surface area contributed by atoms with Gasteiger partial charge in [-0.2, -0.15) is 0 Å². The monoisotopic (exact) mass is 262 g/mol. The third-order valence-corrected chi connectivity index (χ3v) is 3.97. The molecule has 0 spiro atoms. The van der Waals surface area contributed by atoms with Crippen LogP contribution in [0, 0.1) is 6.92 Å². The lowest BCUT2D eigenvalue weighted by atomic mass is 10.0. The molecule has 0 aliphatic heterocycles. The van der Waals surface area contributed by atoms with Crippen LogP contribution in [0.2, 0.25) is 0 Å². The molecule has 1 aromatic carbocycles. The van der Waals surface area contributed by atoms with Crippen molar-refractivity contribution in [3.05, 3.63) is 51.7 Å². The molecule has 96 valence electrons. The summed E-state index contributed by atoms with van der Waals surface area (Å²) >= 11 is 1.66. The van der Waals surface area contributed by atoms with E-state index in [-0.39, 0.29) is 6.04 Å². The fraction of sp³-hybridized carbons (Fsp3) is 0.286. The van der Waals surface area contributed by atoms with Crippen molar-refractivity contribution in [2.45, 2.75) is 19.4 Å². The van der Waals surface area contributed by atoms with E-state index in [1.165, 1.54) is 11.1 Å². The van der Waals surface area contributed by atoms with Crippen molar-refractivity contribution < 1.29 is 4.74 Å². The summed E-state index contributed by atoms with van der Waals surface area (Å²) in [6.07, 6.45) is 0.855. The van der Waals surface area contributed by atoms with Gasteiger partial charge in [0.1, 0.15) is 5.75 Å². The van der Waals surface area contributed by atoms with Crippen LogP contribution in [0.1, 0.15) is 22.0 Å². The number of ether oxygens (including phenoxy) is 1. The van der Waals surface area contributed by atoms with E-state index in [1.807, 2.05) is 11.4 Å². The molecule has 3 N–H and O–H groups in total. The van der Waals surface area contributed by atoms with E-state index in [0.717, 1.165) is 17.0 Å². The van der Waals surface area contributed by atoms with Crippen molar-refractivity contribution in [1.82, 2.24) is 5.43 Å². The minimum atomic E-state index is 0.0858. The molecule has 0 aliphatic rings. The van der Waals surface area contributed by atoms with E-state index in [9.17, 15) is 0 Å². The van der Waals surface area contributed by atoms with Crippen LogP contribution in [0.25, 0.3) is 0 Å². The maximum atomic E-state index is 5.67. The summed E-state index contributed by atoms with van der Waals surface area (Å²) in [6.45, 7) is 2.09. The standard InChI is InChI=1S/C14H18N2OS/c1-10-3-5-11(6-4-10)9-12(16-15)14-13(17-2)7-8-18-14/h3-8,12,16H,9,15H2,1-2H3. The lowest BCUT2D eigenvalue weighted by Gasteiger charge is -2.16. The Bertz CT molecular complexity index is 493. The van der Waals surface area contributed by atoms with Gasteiger partial charge in [-0.3, -0.25) is 11.3 Å². The van der Waals surface area contributed by atoms with Gasteiger partial charge >= 0.3 is 0 Å². The number of rotatable bonds is 5. The van der Waals surface area contributed by atoms with Crippen LogP contribution in [-0.4, -0.2) is 7.11 Å². The molecule has 0 amide bonds. The Hall–Kier alpha value is -1.36. The summed E-state index contributed by atoms with van der Waals surface area (Å²) in [7, 11) is 1.69. The molecule has 3 nitrogen and oxygen atoms in total. The van der Waals surface area contributed by atoms with Gasteiger partial charge in [0.25, 0.3) is 0 Å². The Balaban J connectivity index is 2.17. The first kappa shape index (κ1) is 13.1. The smallest absolute Gasteiger partial charge is 0.134 e. The molecule has 0 saturated heterocycles. The van der Waals surface area contributed by atoms with E-state index in [0.29, 0.717) is 0 Å². The first-order valence-electron chi connectivity index (χ1n) is 5.87. The second-order valence-electron chi connectivity index (χ2n) is 4.26. The average molecular weight is 262 g/mol. The third-order valence-electron chi connectivity index (χ3n) is 2.96. The van der Waals surface area contributed by atoms with E-state index in [2.05, 4.69) is 36.6 Å². The first-order chi connectivity index (χ1) is 8.74. The molecule has 2 aromatic rings. The fourth-order valence-electron chi connectivity index (χ4n) is 1.92. The summed E-state index contributed by atoms with van der Waals surface area (Å²) in [5, 5.41) is 2.02. The van der Waals surface area contributed by atoms with E-state index in [1.54, 1.807) is 18.4 Å². The zero-order valence-corrected chi connectivity index (χ0v) is 11.5. The van der Waals surface area contributed by atoms with Gasteiger partial charge in [0.05, 0.1) is 18.0 Å². The highest BCUT2D eigenvalue weighted by atomic mass is 32.1. The number of hydrazine groups is 1. The maximum Gasteiger partial charge on any atom is 0.134 e. The number of aryl methyl sites for hydroxylation is 1. The van der Waals surface area contributed by atoms with Crippen molar-refractivity contribution in [1.29, 1.82) is 0 Å². The predicted molar refractivity (Wildman–Crippen MR) is 75.8 cm³/mol. The average Bonchev–Trinajstić information content (AvgIpc) is 2.86. The number of nitrogens with one attached hydrogen (secondary N) is 1. The van der Waals surface area contributed by atoms with Gasteiger partial charge in [-0.15, -0.1) is 11.3 Å². The molecule has 1 heterocycles. The molecule has 1 aromatic heterocycles. The molecule has 0 saturated carbocycles. The Kier molecular flexibility index (Phi) is 4.36. The van der Waals surface area contributed by atoms with Crippen molar-refractivity contribution >= 4 is 11.3 Å². The molecule has 0 bridgehead atoms. The molecule has 1 unspecified atom stereocenters. The minimum Gasteiger partial charge on any atom is -0.496 e. The van der Waals surface area contributed by atoms with Gasteiger partial charge in [0.2, 0.25) is 0 Å². The lowest BCUT2D eigenvalue weighted by Crippen LogP contribution is -2.29. The first-order valence-corrected chi connectivity index (χ1v) is 6.75. The van der Waals surface area contributed by atoms with Crippen LogP contribution in [0.15, 0.2) is 35.7 Å². The zero-order valence-electron chi connectivity index (χ0n) is 10.6. The third kappa shape index (κ3) is 2.90. The molecule has 0 fully saturated rings. The molecule has 18 heavy (non-hydrogen) atoms. The minimum absolute atomic E-state index is 0.0858. The zero-order chi connectivity index (χ0) is 13.0. The summed E-state index contributed by atoms with van der Waals surface area (Å²) in [5.74, 6) is 6.56. The molecule has 4 heteroatoms. The number of methoxy groups -OCH3 is 1. The largest absolute Gasteiger partial charge is 0.496 e. The molecule has 1 atom stereocenters. The van der Waals surface area contributed by atoms with Gasteiger partial charge in [-0.1, -0.05) is 29.8 Å². The number of thiophene rings is 1. The highest BCUT2D eigenvalue weighted by molar-refractivity contribution is 7.10. The summed E-state index contributed by atoms with van der Waals surface area (Å²) < 4.78 is 5.34. The van der Waals surface area contributed by atoms with Gasteiger partial charge in [-0.05, 0) is 30.4 Å². The van der Waals surface area contributed by atoms with Gasteiger partial charge in [0, 0.05) is 0 Å². The van der Waals surface area contributed by atoms with Crippen molar-refractivity contribution in [3.63, 3.8) is 0 Å². The van der Waals surface area contributed by atoms with Crippen LogP contribution in [0.4, 0.5) is 0 Å². The number of hydrogen-bond acceptors (Lipinski definition) is 4. The van der Waals surface area contributed by atoms with Gasteiger partial charge in [-0.25, -0.2) is 0 Å². The lowest BCUT2D eigenvalue weighted by molar-refractivity contribution is 0.403. The Morgan fingerprint density at radius 1 is 1.28 bits per heavy atom. The van der Waals surface area contributed by atoms with E-state index in [4.69, 9.17) is 10.6 Å². The normalized spacial score (nSPS) is 12.4. The second-order valence-corrected chi connectivity index (χ2v) is 5.21. The number of benzene rings is 1. The summed E-state index contributed by atoms with van der Waals surface area (Å²) in [5.41, 5.74) is 5.40. The highest BCUT2D eigenvalue weighted by Crippen LogP contribution is 2.32. The molecule has 2 rings (SSSR count). The van der Waals surface area contributed by atoms with Crippen LogP contribution in [0.3, 0.4) is 0 Å². The molecule has 0 aliphatic carbocycles.